The molecule has 0 radical (unpaired) electrons. The number of hydrogen-bond donors (Lipinski definition) is 1. The maximum Gasteiger partial charge on any atom is 0.174 e. The van der Waals surface area contributed by atoms with E-state index in [9.17, 15) is 4.79 Å². The minimum atomic E-state index is 0.245. The van der Waals surface area contributed by atoms with Crippen LogP contribution in [0.2, 0.25) is 0 Å². The van der Waals surface area contributed by atoms with Gasteiger partial charge in [0.15, 0.2) is 5.82 Å². The van der Waals surface area contributed by atoms with E-state index in [0.29, 0.717) is 18.7 Å². The van der Waals surface area contributed by atoms with Crippen molar-refractivity contribution in [3.63, 3.8) is 0 Å². The fraction of sp³-hybridized carbons (Fsp3) is 0.350. The van der Waals surface area contributed by atoms with E-state index in [2.05, 4.69) is 10.3 Å². The molecule has 0 bridgehead atoms. The maximum atomic E-state index is 11.5. The van der Waals surface area contributed by atoms with Gasteiger partial charge < -0.3 is 5.73 Å². The minimum Gasteiger partial charge on any atom is -0.380 e. The first kappa shape index (κ1) is 20.4. The van der Waals surface area contributed by atoms with Gasteiger partial charge in [0.25, 0.3) is 0 Å². The van der Waals surface area contributed by atoms with Crippen LogP contribution in [0.4, 0.5) is 5.82 Å². The number of rotatable bonds is 4. The first-order chi connectivity index (χ1) is 12.2. The van der Waals surface area contributed by atoms with Crippen LogP contribution >= 0.6 is 0 Å². The Kier molecular flexibility index (Phi) is 8.33. The van der Waals surface area contributed by atoms with Crippen molar-refractivity contribution in [3.05, 3.63) is 48.2 Å². The summed E-state index contributed by atoms with van der Waals surface area (Å²) in [4.78, 5) is 11.5. The molecule has 0 amide bonds. The van der Waals surface area contributed by atoms with Gasteiger partial charge in [-0.2, -0.15) is 0 Å². The Morgan fingerprint density at radius 1 is 1.08 bits per heavy atom. The number of carbonyl (C=O) groups excluding carboxylic acids is 1. The summed E-state index contributed by atoms with van der Waals surface area (Å²) < 4.78 is 1.67. The molecule has 0 aliphatic heterocycles. The second-order valence-corrected chi connectivity index (χ2v) is 4.96. The van der Waals surface area contributed by atoms with Crippen molar-refractivity contribution < 1.29 is 4.79 Å². The summed E-state index contributed by atoms with van der Waals surface area (Å²) in [5.41, 5.74) is 9.72. The third kappa shape index (κ3) is 4.89. The van der Waals surface area contributed by atoms with Gasteiger partial charge in [-0.05, 0) is 17.2 Å². The summed E-state index contributed by atoms with van der Waals surface area (Å²) in [6.45, 7) is 9.88. The average molecular weight is 340 g/mol. The van der Waals surface area contributed by atoms with E-state index in [1.54, 1.807) is 4.52 Å². The zero-order valence-electron chi connectivity index (χ0n) is 15.8. The largest absolute Gasteiger partial charge is 0.380 e. The number of nitrogens with zero attached hydrogens (tertiary/aromatic N) is 3. The molecule has 3 rings (SSSR count). The van der Waals surface area contributed by atoms with Crippen molar-refractivity contribution in [2.75, 3.05) is 5.73 Å². The van der Waals surface area contributed by atoms with Crippen LogP contribution in [0.1, 0.15) is 46.6 Å². The van der Waals surface area contributed by atoms with Crippen molar-refractivity contribution in [1.29, 1.82) is 0 Å². The fourth-order valence-electron chi connectivity index (χ4n) is 2.36. The molecule has 0 aliphatic carbocycles. The van der Waals surface area contributed by atoms with Crippen molar-refractivity contribution in [3.8, 4) is 11.1 Å². The smallest absolute Gasteiger partial charge is 0.174 e. The van der Waals surface area contributed by atoms with E-state index in [0.717, 1.165) is 22.2 Å². The van der Waals surface area contributed by atoms with Gasteiger partial charge in [0.1, 0.15) is 11.3 Å². The van der Waals surface area contributed by atoms with Crippen molar-refractivity contribution in [1.82, 2.24) is 14.8 Å². The Balaban J connectivity index is 0.000000730. The summed E-state index contributed by atoms with van der Waals surface area (Å²) >= 11 is 0. The van der Waals surface area contributed by atoms with E-state index < -0.39 is 0 Å². The van der Waals surface area contributed by atoms with Crippen LogP contribution < -0.4 is 5.73 Å². The van der Waals surface area contributed by atoms with Gasteiger partial charge in [-0.15, -0.1) is 5.10 Å². The van der Waals surface area contributed by atoms with Crippen LogP contribution in [0.5, 0.6) is 0 Å². The molecule has 2 aromatic heterocycles. The molecule has 0 unspecified atom stereocenters. The summed E-state index contributed by atoms with van der Waals surface area (Å²) in [5, 5.41) is 7.87. The second kappa shape index (κ2) is 10.2. The highest BCUT2D eigenvalue weighted by atomic mass is 16.1. The Hall–Kier alpha value is -2.69. The number of aromatic nitrogens is 3. The van der Waals surface area contributed by atoms with E-state index in [1.807, 2.05) is 77.2 Å². The van der Waals surface area contributed by atoms with Crippen molar-refractivity contribution in [2.24, 2.45) is 0 Å². The highest BCUT2D eigenvalue weighted by molar-refractivity contribution is 5.87. The van der Waals surface area contributed by atoms with Gasteiger partial charge in [-0.3, -0.25) is 4.79 Å². The number of hydrogen-bond acceptors (Lipinski definition) is 4. The van der Waals surface area contributed by atoms with Gasteiger partial charge in [-0.1, -0.05) is 70.2 Å². The lowest BCUT2D eigenvalue weighted by atomic mass is 10.0. The molecule has 5 nitrogen and oxygen atoms in total. The lowest BCUT2D eigenvalue weighted by Crippen LogP contribution is -2.00. The standard InChI is InChI=1S/C16H16N4O.2C2H6/c1-2-13(21)10-11-5-7-12(8-6-11)14-4-3-9-20-15(14)16(17)18-19-20;2*1-2/h3-9H,2,10,17H2,1H3;2*1-2H3. The number of nitrogen functional groups attached to an aromatic ring is 1. The first-order valence-electron chi connectivity index (χ1n) is 8.89. The molecule has 2 heterocycles. The van der Waals surface area contributed by atoms with Gasteiger partial charge in [0.2, 0.25) is 0 Å². The Morgan fingerprint density at radius 2 is 1.72 bits per heavy atom. The molecule has 0 spiro atoms. The Labute approximate surface area is 149 Å². The van der Waals surface area contributed by atoms with Crippen LogP contribution in [0.25, 0.3) is 16.6 Å². The second-order valence-electron chi connectivity index (χ2n) is 4.96. The lowest BCUT2D eigenvalue weighted by molar-refractivity contribution is -0.118. The summed E-state index contributed by atoms with van der Waals surface area (Å²) in [5.74, 6) is 0.657. The van der Waals surface area contributed by atoms with Crippen LogP contribution in [0.3, 0.4) is 0 Å². The zero-order valence-corrected chi connectivity index (χ0v) is 15.8. The monoisotopic (exact) mass is 340 g/mol. The molecular weight excluding hydrogens is 312 g/mol. The summed E-state index contributed by atoms with van der Waals surface area (Å²) in [6.07, 6.45) is 2.87. The minimum absolute atomic E-state index is 0.245. The van der Waals surface area contributed by atoms with E-state index in [4.69, 9.17) is 5.73 Å². The number of fused-ring (bicyclic) bond motifs is 1. The molecule has 134 valence electrons. The molecule has 3 aromatic rings. The van der Waals surface area contributed by atoms with Gasteiger partial charge in [0.05, 0.1) is 0 Å². The molecule has 5 heteroatoms. The third-order valence-corrected chi connectivity index (χ3v) is 3.53. The number of anilines is 1. The third-order valence-electron chi connectivity index (χ3n) is 3.53. The number of Topliss-reactive ketones (excluding diaryl/α,β-unsaturated/α-hetero) is 1. The number of ketones is 1. The van der Waals surface area contributed by atoms with Crippen molar-refractivity contribution in [2.45, 2.75) is 47.5 Å². The molecule has 1 aromatic carbocycles. The van der Waals surface area contributed by atoms with Gasteiger partial charge in [0, 0.05) is 24.6 Å². The number of benzene rings is 1. The zero-order chi connectivity index (χ0) is 18.8. The van der Waals surface area contributed by atoms with Gasteiger partial charge in [-0.25, -0.2) is 4.52 Å². The first-order valence-corrected chi connectivity index (χ1v) is 8.89. The van der Waals surface area contributed by atoms with E-state index >= 15 is 0 Å². The molecule has 2 N–H and O–H groups in total. The highest BCUT2D eigenvalue weighted by Crippen LogP contribution is 2.27. The molecule has 0 atom stereocenters. The molecular formula is C20H28N4O. The molecule has 0 fully saturated rings. The maximum absolute atomic E-state index is 11.5. The molecule has 0 saturated heterocycles. The van der Waals surface area contributed by atoms with Crippen LogP contribution in [0.15, 0.2) is 42.6 Å². The normalized spacial score (nSPS) is 9.64. The predicted octanol–water partition coefficient (Wildman–Crippen LogP) is 4.55. The van der Waals surface area contributed by atoms with E-state index in [-0.39, 0.29) is 5.78 Å². The van der Waals surface area contributed by atoms with Crippen molar-refractivity contribution >= 4 is 17.1 Å². The number of pyridine rings is 1. The molecule has 25 heavy (non-hydrogen) atoms. The summed E-state index contributed by atoms with van der Waals surface area (Å²) in [7, 11) is 0. The van der Waals surface area contributed by atoms with Gasteiger partial charge >= 0.3 is 0 Å². The Morgan fingerprint density at radius 3 is 2.32 bits per heavy atom. The molecule has 0 saturated carbocycles. The Bertz CT molecular complexity index is 791. The SMILES string of the molecule is CC.CC.CCC(=O)Cc1ccc(-c2cccn3nnc(N)c23)cc1. The lowest BCUT2D eigenvalue weighted by Gasteiger charge is -2.06. The average Bonchev–Trinajstić information content (AvgIpc) is 3.07. The molecule has 0 aliphatic rings. The van der Waals surface area contributed by atoms with Crippen LogP contribution in [-0.2, 0) is 11.2 Å². The summed E-state index contributed by atoms with van der Waals surface area (Å²) in [6, 6.07) is 11.9. The number of nitrogens with two attached hydrogens (primary N) is 1. The quantitative estimate of drug-likeness (QED) is 0.756. The number of carbonyl (C=O) groups is 1. The van der Waals surface area contributed by atoms with Crippen LogP contribution in [-0.4, -0.2) is 20.6 Å². The fourth-order valence-corrected chi connectivity index (χ4v) is 2.36. The topological polar surface area (TPSA) is 73.3 Å². The predicted molar refractivity (Wildman–Crippen MR) is 105 cm³/mol. The highest BCUT2D eigenvalue weighted by Gasteiger charge is 2.10. The van der Waals surface area contributed by atoms with E-state index in [1.165, 1.54) is 0 Å². The van der Waals surface area contributed by atoms with Crippen LogP contribution in [0, 0.1) is 0 Å².